The van der Waals surface area contributed by atoms with E-state index in [2.05, 4.69) is 0 Å². The molecule has 0 saturated carbocycles. The summed E-state index contributed by atoms with van der Waals surface area (Å²) in [5, 5.41) is 8.97. The molecule has 0 aliphatic rings. The summed E-state index contributed by atoms with van der Waals surface area (Å²) in [5.74, 6) is 0.894. The minimum atomic E-state index is -0.482. The van der Waals surface area contributed by atoms with Gasteiger partial charge in [0, 0.05) is 12.1 Å². The van der Waals surface area contributed by atoms with Crippen LogP contribution in [0, 0.1) is 6.92 Å². The number of benzene rings is 1. The molecule has 90 valence electrons. The van der Waals surface area contributed by atoms with E-state index in [0.29, 0.717) is 13.0 Å². The first kappa shape index (κ1) is 13.0. The van der Waals surface area contributed by atoms with E-state index in [1.807, 2.05) is 39.0 Å². The van der Waals surface area contributed by atoms with E-state index >= 15 is 0 Å². The molecule has 0 spiro atoms. The molecule has 0 amide bonds. The van der Waals surface area contributed by atoms with Crippen molar-refractivity contribution >= 4 is 0 Å². The second-order valence-corrected chi connectivity index (χ2v) is 4.30. The van der Waals surface area contributed by atoms with Gasteiger partial charge in [0.25, 0.3) is 0 Å². The van der Waals surface area contributed by atoms with Crippen LogP contribution in [0.1, 0.15) is 31.4 Å². The van der Waals surface area contributed by atoms with Gasteiger partial charge in [0.15, 0.2) is 0 Å². The Hall–Kier alpha value is -1.06. The van der Waals surface area contributed by atoms with Gasteiger partial charge in [0.2, 0.25) is 0 Å². The van der Waals surface area contributed by atoms with E-state index < -0.39 is 5.54 Å². The highest BCUT2D eigenvalue weighted by Gasteiger charge is 2.20. The van der Waals surface area contributed by atoms with E-state index in [4.69, 9.17) is 15.6 Å². The van der Waals surface area contributed by atoms with Crippen LogP contribution in [0.3, 0.4) is 0 Å². The molecule has 1 aromatic rings. The van der Waals surface area contributed by atoms with Gasteiger partial charge < -0.3 is 15.6 Å². The molecule has 3 N–H and O–H groups in total. The molecule has 0 aliphatic heterocycles. The van der Waals surface area contributed by atoms with Crippen molar-refractivity contribution in [1.29, 1.82) is 0 Å². The Morgan fingerprint density at radius 2 is 2.12 bits per heavy atom. The SMILES string of the molecule is CCOc1ccc(C(C)(N)CCO)cc1C. The number of aliphatic hydroxyl groups is 1. The highest BCUT2D eigenvalue weighted by molar-refractivity contribution is 5.38. The van der Waals surface area contributed by atoms with Crippen molar-refractivity contribution in [3.8, 4) is 5.75 Å². The number of rotatable bonds is 5. The second-order valence-electron chi connectivity index (χ2n) is 4.30. The maximum absolute atomic E-state index is 8.97. The third-order valence-electron chi connectivity index (χ3n) is 2.77. The van der Waals surface area contributed by atoms with Crippen molar-refractivity contribution in [3.05, 3.63) is 29.3 Å². The van der Waals surface area contributed by atoms with Gasteiger partial charge in [-0.3, -0.25) is 0 Å². The summed E-state index contributed by atoms with van der Waals surface area (Å²) >= 11 is 0. The molecule has 0 fully saturated rings. The number of hydrogen-bond acceptors (Lipinski definition) is 3. The summed E-state index contributed by atoms with van der Waals surface area (Å²) in [7, 11) is 0. The Balaban J connectivity index is 2.96. The number of aliphatic hydroxyl groups excluding tert-OH is 1. The predicted molar refractivity (Wildman–Crippen MR) is 65.6 cm³/mol. The van der Waals surface area contributed by atoms with Crippen molar-refractivity contribution in [1.82, 2.24) is 0 Å². The molecule has 1 aromatic carbocycles. The van der Waals surface area contributed by atoms with Gasteiger partial charge in [-0.05, 0) is 44.4 Å². The summed E-state index contributed by atoms with van der Waals surface area (Å²) in [6.07, 6.45) is 0.556. The van der Waals surface area contributed by atoms with Crippen LogP contribution in [0.2, 0.25) is 0 Å². The van der Waals surface area contributed by atoms with Crippen molar-refractivity contribution in [2.75, 3.05) is 13.2 Å². The molecule has 16 heavy (non-hydrogen) atoms. The number of hydrogen-bond donors (Lipinski definition) is 2. The third-order valence-corrected chi connectivity index (χ3v) is 2.77. The maximum atomic E-state index is 8.97. The van der Waals surface area contributed by atoms with E-state index in [-0.39, 0.29) is 6.61 Å². The van der Waals surface area contributed by atoms with E-state index in [1.165, 1.54) is 0 Å². The smallest absolute Gasteiger partial charge is 0.122 e. The van der Waals surface area contributed by atoms with Crippen molar-refractivity contribution < 1.29 is 9.84 Å². The van der Waals surface area contributed by atoms with Crippen molar-refractivity contribution in [2.24, 2.45) is 5.73 Å². The monoisotopic (exact) mass is 223 g/mol. The van der Waals surface area contributed by atoms with E-state index in [1.54, 1.807) is 0 Å². The molecule has 0 heterocycles. The lowest BCUT2D eigenvalue weighted by Gasteiger charge is -2.25. The minimum Gasteiger partial charge on any atom is -0.494 e. The fourth-order valence-electron chi connectivity index (χ4n) is 1.70. The molecule has 3 heteroatoms. The fourth-order valence-corrected chi connectivity index (χ4v) is 1.70. The largest absolute Gasteiger partial charge is 0.494 e. The molecule has 1 atom stereocenters. The van der Waals surface area contributed by atoms with Gasteiger partial charge in [-0.15, -0.1) is 0 Å². The molecule has 0 aliphatic carbocycles. The van der Waals surface area contributed by atoms with Crippen LogP contribution >= 0.6 is 0 Å². The highest BCUT2D eigenvalue weighted by atomic mass is 16.5. The quantitative estimate of drug-likeness (QED) is 0.802. The fraction of sp³-hybridized carbons (Fsp3) is 0.538. The van der Waals surface area contributed by atoms with Gasteiger partial charge in [-0.2, -0.15) is 0 Å². The summed E-state index contributed by atoms with van der Waals surface area (Å²) in [6.45, 7) is 6.66. The predicted octanol–water partition coefficient (Wildman–Crippen LogP) is 1.95. The van der Waals surface area contributed by atoms with Gasteiger partial charge in [0.1, 0.15) is 5.75 Å². The topological polar surface area (TPSA) is 55.5 Å². The molecule has 0 radical (unpaired) electrons. The third kappa shape index (κ3) is 2.97. The van der Waals surface area contributed by atoms with Crippen LogP contribution in [0.5, 0.6) is 5.75 Å². The van der Waals surface area contributed by atoms with Crippen LogP contribution in [-0.4, -0.2) is 18.3 Å². The average Bonchev–Trinajstić information content (AvgIpc) is 2.21. The van der Waals surface area contributed by atoms with Gasteiger partial charge >= 0.3 is 0 Å². The van der Waals surface area contributed by atoms with Crippen LogP contribution in [-0.2, 0) is 5.54 Å². The summed E-state index contributed by atoms with van der Waals surface area (Å²) in [4.78, 5) is 0. The Bertz CT molecular complexity index is 348. The van der Waals surface area contributed by atoms with Gasteiger partial charge in [0.05, 0.1) is 6.61 Å². The zero-order valence-electron chi connectivity index (χ0n) is 10.3. The highest BCUT2D eigenvalue weighted by Crippen LogP contribution is 2.26. The van der Waals surface area contributed by atoms with Crippen LogP contribution in [0.25, 0.3) is 0 Å². The maximum Gasteiger partial charge on any atom is 0.122 e. The molecule has 1 rings (SSSR count). The zero-order valence-corrected chi connectivity index (χ0v) is 10.3. The number of nitrogens with two attached hydrogens (primary N) is 1. The normalized spacial score (nSPS) is 14.6. The Morgan fingerprint density at radius 3 is 2.62 bits per heavy atom. The Labute approximate surface area is 97.2 Å². The minimum absolute atomic E-state index is 0.0965. The summed E-state index contributed by atoms with van der Waals surface area (Å²) in [6, 6.07) is 5.94. The molecule has 0 bridgehead atoms. The number of ether oxygens (including phenoxy) is 1. The molecule has 3 nitrogen and oxygen atoms in total. The summed E-state index contributed by atoms with van der Waals surface area (Å²) in [5.41, 5.74) is 7.77. The zero-order chi connectivity index (χ0) is 12.2. The first-order valence-corrected chi connectivity index (χ1v) is 5.65. The van der Waals surface area contributed by atoms with E-state index in [9.17, 15) is 0 Å². The molecule has 1 unspecified atom stereocenters. The Morgan fingerprint density at radius 1 is 1.44 bits per heavy atom. The first-order chi connectivity index (χ1) is 7.51. The molecule has 0 saturated heterocycles. The van der Waals surface area contributed by atoms with Crippen molar-refractivity contribution in [3.63, 3.8) is 0 Å². The lowest BCUT2D eigenvalue weighted by molar-refractivity contribution is 0.247. The van der Waals surface area contributed by atoms with Gasteiger partial charge in [-0.1, -0.05) is 12.1 Å². The van der Waals surface area contributed by atoms with Crippen molar-refractivity contribution in [2.45, 2.75) is 32.7 Å². The standard InChI is InChI=1S/C13H21NO2/c1-4-16-12-6-5-11(9-10(12)2)13(3,14)7-8-15/h5-6,9,15H,4,7-8,14H2,1-3H3. The van der Waals surface area contributed by atoms with E-state index in [0.717, 1.165) is 16.9 Å². The van der Waals surface area contributed by atoms with Crippen LogP contribution in [0.4, 0.5) is 0 Å². The lowest BCUT2D eigenvalue weighted by atomic mass is 9.89. The lowest BCUT2D eigenvalue weighted by Crippen LogP contribution is -2.34. The number of aryl methyl sites for hydroxylation is 1. The molecule has 0 aromatic heterocycles. The van der Waals surface area contributed by atoms with Crippen LogP contribution < -0.4 is 10.5 Å². The van der Waals surface area contributed by atoms with Gasteiger partial charge in [-0.25, -0.2) is 0 Å². The summed E-state index contributed by atoms with van der Waals surface area (Å²) < 4.78 is 5.47. The Kier molecular flexibility index (Phi) is 4.33. The molecular formula is C13H21NO2. The van der Waals surface area contributed by atoms with Crippen LogP contribution in [0.15, 0.2) is 18.2 Å². The molecular weight excluding hydrogens is 202 g/mol. The average molecular weight is 223 g/mol. The second kappa shape index (κ2) is 5.32. The first-order valence-electron chi connectivity index (χ1n) is 5.65.